The molecule has 4 aliphatic rings. The van der Waals surface area contributed by atoms with Gasteiger partial charge in [-0.25, -0.2) is 4.39 Å². The highest BCUT2D eigenvalue weighted by atomic mass is 32.2. The van der Waals surface area contributed by atoms with Gasteiger partial charge >= 0.3 is 15.4 Å². The van der Waals surface area contributed by atoms with Crippen LogP contribution in [0.15, 0.2) is 0 Å². The monoisotopic (exact) mass is 328 g/mol. The van der Waals surface area contributed by atoms with E-state index in [0.717, 1.165) is 38.5 Å². The molecule has 122 valence electrons. The Balaban J connectivity index is 1.65. The van der Waals surface area contributed by atoms with E-state index in [4.69, 9.17) is 9.29 Å². The Kier molecular flexibility index (Phi) is 3.57. The van der Waals surface area contributed by atoms with Crippen LogP contribution in [0, 0.1) is 17.8 Å². The van der Waals surface area contributed by atoms with Crippen LogP contribution in [0.5, 0.6) is 0 Å². The summed E-state index contributed by atoms with van der Waals surface area (Å²) in [6.45, 7) is -1.00. The van der Waals surface area contributed by atoms with Crippen LogP contribution in [0.1, 0.15) is 38.5 Å². The molecule has 4 bridgehead atoms. The van der Waals surface area contributed by atoms with Gasteiger partial charge in [0.1, 0.15) is 0 Å². The molecule has 0 aromatic heterocycles. The number of halogens is 3. The minimum atomic E-state index is -5.77. The summed E-state index contributed by atoms with van der Waals surface area (Å²) in [5.41, 5.74) is -0.575. The van der Waals surface area contributed by atoms with Crippen molar-refractivity contribution in [3.63, 3.8) is 0 Å². The van der Waals surface area contributed by atoms with E-state index in [1.807, 2.05) is 0 Å². The van der Waals surface area contributed by atoms with Gasteiger partial charge in [0.25, 0.3) is 0 Å². The van der Waals surface area contributed by atoms with Gasteiger partial charge in [-0.05, 0) is 56.3 Å². The Morgan fingerprint density at radius 1 is 1.14 bits per heavy atom. The zero-order chi connectivity index (χ0) is 15.5. The minimum absolute atomic E-state index is 0.511. The van der Waals surface area contributed by atoms with Crippen LogP contribution in [0.25, 0.3) is 0 Å². The van der Waals surface area contributed by atoms with Crippen LogP contribution in [0.2, 0.25) is 0 Å². The molecular weight excluding hydrogens is 309 g/mol. The van der Waals surface area contributed by atoms with Crippen molar-refractivity contribution in [1.29, 1.82) is 0 Å². The molecule has 4 fully saturated rings. The van der Waals surface area contributed by atoms with Crippen molar-refractivity contribution in [3.05, 3.63) is 0 Å². The maximum Gasteiger partial charge on any atom is 0.402 e. The van der Waals surface area contributed by atoms with E-state index in [2.05, 4.69) is 0 Å². The van der Waals surface area contributed by atoms with Gasteiger partial charge in [0.05, 0.1) is 12.2 Å². The van der Waals surface area contributed by atoms with E-state index in [-0.39, 0.29) is 0 Å². The molecule has 0 saturated heterocycles. The second-order valence-corrected chi connectivity index (χ2v) is 8.41. The molecular formula is C13H19F3O4S. The lowest BCUT2D eigenvalue weighted by Crippen LogP contribution is -2.53. The van der Waals surface area contributed by atoms with Gasteiger partial charge in [-0.3, -0.25) is 4.55 Å². The lowest BCUT2D eigenvalue weighted by Gasteiger charge is -2.56. The SMILES string of the molecule is O=S(=O)(O)C(F)(F)C(F)COC12CC3CC(CC(C3)C1)C2. The largest absolute Gasteiger partial charge is 0.402 e. The molecule has 4 aliphatic carbocycles. The predicted molar refractivity (Wildman–Crippen MR) is 68.2 cm³/mol. The minimum Gasteiger partial charge on any atom is -0.372 e. The molecule has 1 unspecified atom stereocenters. The van der Waals surface area contributed by atoms with Crippen LogP contribution < -0.4 is 0 Å². The van der Waals surface area contributed by atoms with Crippen molar-refractivity contribution >= 4 is 10.1 Å². The van der Waals surface area contributed by atoms with Crippen molar-refractivity contribution < 1.29 is 30.9 Å². The average molecular weight is 328 g/mol. The van der Waals surface area contributed by atoms with Gasteiger partial charge in [0.15, 0.2) is 0 Å². The maximum absolute atomic E-state index is 13.5. The molecule has 0 aromatic rings. The summed E-state index contributed by atoms with van der Waals surface area (Å²) in [4.78, 5) is 0. The first-order valence-electron chi connectivity index (χ1n) is 7.24. The lowest BCUT2D eigenvalue weighted by molar-refractivity contribution is -0.181. The lowest BCUT2D eigenvalue weighted by atomic mass is 9.54. The number of rotatable bonds is 5. The van der Waals surface area contributed by atoms with Gasteiger partial charge in [-0.2, -0.15) is 17.2 Å². The summed E-state index contributed by atoms with van der Waals surface area (Å²) in [6.07, 6.45) is 2.55. The van der Waals surface area contributed by atoms with Crippen LogP contribution in [0.3, 0.4) is 0 Å². The van der Waals surface area contributed by atoms with E-state index >= 15 is 0 Å². The highest BCUT2D eigenvalue weighted by Gasteiger charge is 2.55. The molecule has 21 heavy (non-hydrogen) atoms. The average Bonchev–Trinajstić information content (AvgIpc) is 2.32. The fourth-order valence-corrected chi connectivity index (χ4v) is 5.11. The normalized spacial score (nSPS) is 40.5. The Morgan fingerprint density at radius 2 is 1.57 bits per heavy atom. The van der Waals surface area contributed by atoms with Gasteiger partial charge in [0, 0.05) is 0 Å². The van der Waals surface area contributed by atoms with Gasteiger partial charge in [0.2, 0.25) is 6.17 Å². The first-order chi connectivity index (χ1) is 9.61. The molecule has 0 heterocycles. The second-order valence-electron chi connectivity index (χ2n) is 6.92. The molecule has 1 N–H and O–H groups in total. The van der Waals surface area contributed by atoms with Crippen LogP contribution in [0.4, 0.5) is 13.2 Å². The van der Waals surface area contributed by atoms with E-state index in [0.29, 0.717) is 17.8 Å². The first kappa shape index (κ1) is 15.6. The summed E-state index contributed by atoms with van der Waals surface area (Å²) in [5.74, 6) is 1.53. The highest BCUT2D eigenvalue weighted by Crippen LogP contribution is 2.57. The Morgan fingerprint density at radius 3 is 1.95 bits per heavy atom. The molecule has 4 saturated carbocycles. The maximum atomic E-state index is 13.5. The summed E-state index contributed by atoms with van der Waals surface area (Å²) >= 11 is 0. The summed E-state index contributed by atoms with van der Waals surface area (Å²) < 4.78 is 74.8. The Hall–Kier alpha value is -0.340. The molecule has 0 aliphatic heterocycles. The zero-order valence-corrected chi connectivity index (χ0v) is 12.3. The Bertz CT molecular complexity index is 484. The van der Waals surface area contributed by atoms with E-state index in [1.54, 1.807) is 0 Å². The zero-order valence-electron chi connectivity index (χ0n) is 11.5. The molecule has 8 heteroatoms. The molecule has 4 rings (SSSR count). The van der Waals surface area contributed by atoms with Gasteiger partial charge in [-0.15, -0.1) is 0 Å². The van der Waals surface area contributed by atoms with E-state index in [9.17, 15) is 21.6 Å². The quantitative estimate of drug-likeness (QED) is 0.788. The third kappa shape index (κ3) is 2.70. The molecule has 0 spiro atoms. The molecule has 0 aromatic carbocycles. The smallest absolute Gasteiger partial charge is 0.372 e. The van der Waals surface area contributed by atoms with Crippen LogP contribution in [-0.4, -0.2) is 36.6 Å². The molecule has 0 amide bonds. The summed E-state index contributed by atoms with van der Waals surface area (Å²) in [7, 11) is -5.77. The van der Waals surface area contributed by atoms with Gasteiger partial charge in [-0.1, -0.05) is 0 Å². The number of hydrogen-bond acceptors (Lipinski definition) is 3. The van der Waals surface area contributed by atoms with E-state index < -0.39 is 33.8 Å². The first-order valence-corrected chi connectivity index (χ1v) is 8.68. The van der Waals surface area contributed by atoms with E-state index in [1.165, 1.54) is 0 Å². The number of ether oxygens (including phenoxy) is 1. The van der Waals surface area contributed by atoms with Crippen molar-refractivity contribution in [2.24, 2.45) is 17.8 Å². The molecule has 4 nitrogen and oxygen atoms in total. The fraction of sp³-hybridized carbons (Fsp3) is 1.00. The fourth-order valence-electron chi connectivity index (χ4n) is 4.72. The van der Waals surface area contributed by atoms with Gasteiger partial charge < -0.3 is 4.74 Å². The summed E-state index contributed by atoms with van der Waals surface area (Å²) in [6, 6.07) is 0. The summed E-state index contributed by atoms with van der Waals surface area (Å²) in [5, 5.41) is -4.82. The second kappa shape index (κ2) is 4.83. The van der Waals surface area contributed by atoms with Crippen molar-refractivity contribution in [3.8, 4) is 0 Å². The highest BCUT2D eigenvalue weighted by molar-refractivity contribution is 7.86. The topological polar surface area (TPSA) is 63.6 Å². The number of alkyl halides is 3. The Labute approximate surface area is 121 Å². The van der Waals surface area contributed by atoms with Crippen LogP contribution in [-0.2, 0) is 14.9 Å². The third-order valence-electron chi connectivity index (χ3n) is 5.23. The van der Waals surface area contributed by atoms with Crippen LogP contribution >= 0.6 is 0 Å². The molecule has 0 radical (unpaired) electrons. The van der Waals surface area contributed by atoms with Crippen molar-refractivity contribution in [1.82, 2.24) is 0 Å². The standard InChI is InChI=1S/C13H19F3O4S/c14-11(13(15,16)21(17,18)19)7-20-12-4-8-1-9(5-12)3-10(2-8)6-12/h8-11H,1-7H2,(H,17,18,19). The third-order valence-corrected chi connectivity index (χ3v) is 6.17. The van der Waals surface area contributed by atoms with Crippen molar-refractivity contribution in [2.75, 3.05) is 6.61 Å². The van der Waals surface area contributed by atoms with Crippen molar-refractivity contribution in [2.45, 2.75) is 55.6 Å². The molecule has 1 atom stereocenters. The predicted octanol–water partition coefficient (Wildman–Crippen LogP) is 2.79. The number of hydrogen-bond donors (Lipinski definition) is 1.